The summed E-state index contributed by atoms with van der Waals surface area (Å²) in [7, 11) is 1.52. The van der Waals surface area contributed by atoms with E-state index in [2.05, 4.69) is 16.0 Å². The number of benzene rings is 2. The van der Waals surface area contributed by atoms with E-state index in [-0.39, 0.29) is 49.4 Å². The fourth-order valence-corrected chi connectivity index (χ4v) is 4.73. The molecular formula is C25H29F2N3O3. The SMILES string of the molecule is CNC(=O)c1cc(C(=O)NCCC2CNCCC2(F)F)cc2c1OC(C)C2c1ccccc1. The van der Waals surface area contributed by atoms with Crippen LogP contribution in [0.5, 0.6) is 5.75 Å². The number of hydrogen-bond donors (Lipinski definition) is 3. The monoisotopic (exact) mass is 457 g/mol. The van der Waals surface area contributed by atoms with Crippen molar-refractivity contribution in [1.82, 2.24) is 16.0 Å². The molecule has 0 aliphatic carbocycles. The summed E-state index contributed by atoms with van der Waals surface area (Å²) in [4.78, 5) is 25.5. The molecule has 1 fully saturated rings. The van der Waals surface area contributed by atoms with E-state index in [1.165, 1.54) is 13.1 Å². The molecule has 6 nitrogen and oxygen atoms in total. The predicted octanol–water partition coefficient (Wildman–Crippen LogP) is 3.32. The number of alkyl halides is 2. The lowest BCUT2D eigenvalue weighted by Gasteiger charge is -2.31. The zero-order chi connectivity index (χ0) is 23.6. The summed E-state index contributed by atoms with van der Waals surface area (Å²) >= 11 is 0. The summed E-state index contributed by atoms with van der Waals surface area (Å²) in [6.07, 6.45) is -0.235. The molecule has 3 atom stereocenters. The molecule has 2 amide bonds. The van der Waals surface area contributed by atoms with Crippen LogP contribution >= 0.6 is 0 Å². The Hall–Kier alpha value is -3.00. The van der Waals surface area contributed by atoms with Crippen LogP contribution in [0.1, 0.15) is 57.5 Å². The van der Waals surface area contributed by atoms with E-state index < -0.39 is 17.7 Å². The second-order valence-corrected chi connectivity index (χ2v) is 8.69. The van der Waals surface area contributed by atoms with Crippen molar-refractivity contribution in [2.24, 2.45) is 5.92 Å². The van der Waals surface area contributed by atoms with E-state index in [0.717, 1.165) is 11.1 Å². The number of halogens is 2. The summed E-state index contributed by atoms with van der Waals surface area (Å²) in [5.74, 6) is -3.96. The standard InChI is InChI=1S/C25H29F2N3O3/c1-15-21(16-6-4-3-5-7-16)19-12-17(13-20(22(19)33-15)24(32)28-2)23(31)30-10-8-18-14-29-11-9-25(18,26)27/h3-7,12-13,15,18,21,29H,8-11,14H2,1-2H3,(H,28,32)(H,30,31). The molecule has 0 saturated carbocycles. The summed E-state index contributed by atoms with van der Waals surface area (Å²) in [5, 5.41) is 8.34. The second kappa shape index (κ2) is 9.47. The highest BCUT2D eigenvalue weighted by Crippen LogP contribution is 2.45. The van der Waals surface area contributed by atoms with Crippen molar-refractivity contribution in [1.29, 1.82) is 0 Å². The molecule has 2 heterocycles. The van der Waals surface area contributed by atoms with Gasteiger partial charge >= 0.3 is 0 Å². The van der Waals surface area contributed by atoms with Gasteiger partial charge in [-0.2, -0.15) is 0 Å². The summed E-state index contributed by atoms with van der Waals surface area (Å²) in [5.41, 5.74) is 2.38. The normalized spacial score (nSPS) is 23.3. The Kier molecular flexibility index (Phi) is 6.65. The summed E-state index contributed by atoms with van der Waals surface area (Å²) < 4.78 is 34.2. The number of carbonyl (C=O) groups is 2. The van der Waals surface area contributed by atoms with Gasteiger partial charge in [-0.05, 0) is 31.0 Å². The Morgan fingerprint density at radius 1 is 1.18 bits per heavy atom. The van der Waals surface area contributed by atoms with Gasteiger partial charge in [0.05, 0.1) is 5.56 Å². The molecule has 2 aliphatic heterocycles. The minimum absolute atomic E-state index is 0.127. The van der Waals surface area contributed by atoms with Gasteiger partial charge in [0.1, 0.15) is 11.9 Å². The molecule has 0 radical (unpaired) electrons. The maximum Gasteiger partial charge on any atom is 0.254 e. The molecule has 4 rings (SSSR count). The van der Waals surface area contributed by atoms with Crippen LogP contribution in [0.3, 0.4) is 0 Å². The van der Waals surface area contributed by atoms with Crippen LogP contribution in [0, 0.1) is 5.92 Å². The topological polar surface area (TPSA) is 79.5 Å². The number of hydrogen-bond acceptors (Lipinski definition) is 4. The van der Waals surface area contributed by atoms with Crippen molar-refractivity contribution < 1.29 is 23.1 Å². The minimum Gasteiger partial charge on any atom is -0.489 e. The molecule has 8 heteroatoms. The van der Waals surface area contributed by atoms with E-state index in [0.29, 0.717) is 17.9 Å². The molecule has 2 aromatic carbocycles. The Balaban J connectivity index is 1.58. The quantitative estimate of drug-likeness (QED) is 0.622. The second-order valence-electron chi connectivity index (χ2n) is 8.69. The molecular weight excluding hydrogens is 428 g/mol. The van der Waals surface area contributed by atoms with Crippen molar-refractivity contribution in [3.8, 4) is 5.75 Å². The van der Waals surface area contributed by atoms with E-state index in [4.69, 9.17) is 4.74 Å². The molecule has 176 valence electrons. The van der Waals surface area contributed by atoms with Gasteiger partial charge in [-0.25, -0.2) is 8.78 Å². The van der Waals surface area contributed by atoms with Crippen LogP contribution in [0.4, 0.5) is 8.78 Å². The molecule has 0 aromatic heterocycles. The zero-order valence-corrected chi connectivity index (χ0v) is 18.8. The number of rotatable bonds is 6. The van der Waals surface area contributed by atoms with Crippen molar-refractivity contribution in [2.75, 3.05) is 26.7 Å². The number of piperidine rings is 1. The van der Waals surface area contributed by atoms with Gasteiger partial charge in [-0.15, -0.1) is 0 Å². The van der Waals surface area contributed by atoms with Gasteiger partial charge in [0, 0.05) is 56.1 Å². The van der Waals surface area contributed by atoms with Crippen LogP contribution in [0.25, 0.3) is 0 Å². The zero-order valence-electron chi connectivity index (χ0n) is 18.8. The van der Waals surface area contributed by atoms with Crippen LogP contribution in [0.2, 0.25) is 0 Å². The van der Waals surface area contributed by atoms with Gasteiger partial charge in [0.15, 0.2) is 0 Å². The Morgan fingerprint density at radius 2 is 1.94 bits per heavy atom. The average molecular weight is 458 g/mol. The highest BCUT2D eigenvalue weighted by molar-refractivity contribution is 6.02. The first-order valence-corrected chi connectivity index (χ1v) is 11.3. The molecule has 3 N–H and O–H groups in total. The van der Waals surface area contributed by atoms with Crippen LogP contribution < -0.4 is 20.7 Å². The molecule has 2 aliphatic rings. The maximum atomic E-state index is 14.1. The Labute approximate surface area is 192 Å². The minimum atomic E-state index is -2.73. The molecule has 1 saturated heterocycles. The average Bonchev–Trinajstić information content (AvgIpc) is 3.14. The third-order valence-corrected chi connectivity index (χ3v) is 6.52. The first kappa shape index (κ1) is 23.2. The predicted molar refractivity (Wildman–Crippen MR) is 121 cm³/mol. The fraction of sp³-hybridized carbons (Fsp3) is 0.440. The third kappa shape index (κ3) is 4.71. The molecule has 0 bridgehead atoms. The summed E-state index contributed by atoms with van der Waals surface area (Å²) in [6.45, 7) is 2.60. The smallest absolute Gasteiger partial charge is 0.254 e. The number of ether oxygens (including phenoxy) is 1. The highest BCUT2D eigenvalue weighted by atomic mass is 19.3. The van der Waals surface area contributed by atoms with Crippen LogP contribution in [0.15, 0.2) is 42.5 Å². The molecule has 33 heavy (non-hydrogen) atoms. The van der Waals surface area contributed by atoms with Gasteiger partial charge in [0.2, 0.25) is 0 Å². The molecule has 3 unspecified atom stereocenters. The van der Waals surface area contributed by atoms with Crippen molar-refractivity contribution in [3.05, 3.63) is 64.7 Å². The van der Waals surface area contributed by atoms with E-state index in [9.17, 15) is 18.4 Å². The lowest BCUT2D eigenvalue weighted by atomic mass is 9.87. The Bertz CT molecular complexity index is 1030. The van der Waals surface area contributed by atoms with E-state index in [1.807, 2.05) is 37.3 Å². The van der Waals surface area contributed by atoms with E-state index >= 15 is 0 Å². The van der Waals surface area contributed by atoms with Crippen molar-refractivity contribution in [2.45, 2.75) is 37.7 Å². The van der Waals surface area contributed by atoms with Crippen LogP contribution in [-0.4, -0.2) is 50.5 Å². The Morgan fingerprint density at radius 3 is 2.64 bits per heavy atom. The van der Waals surface area contributed by atoms with Gasteiger partial charge in [-0.3, -0.25) is 9.59 Å². The lowest BCUT2D eigenvalue weighted by Crippen LogP contribution is -2.45. The van der Waals surface area contributed by atoms with Crippen molar-refractivity contribution in [3.63, 3.8) is 0 Å². The van der Waals surface area contributed by atoms with Gasteiger partial charge < -0.3 is 20.7 Å². The first-order valence-electron chi connectivity index (χ1n) is 11.3. The third-order valence-electron chi connectivity index (χ3n) is 6.52. The lowest BCUT2D eigenvalue weighted by molar-refractivity contribution is -0.0801. The van der Waals surface area contributed by atoms with Gasteiger partial charge in [-0.1, -0.05) is 30.3 Å². The number of fused-ring (bicyclic) bond motifs is 1. The van der Waals surface area contributed by atoms with Gasteiger partial charge in [0.25, 0.3) is 17.7 Å². The largest absolute Gasteiger partial charge is 0.489 e. The number of nitrogens with one attached hydrogen (secondary N) is 3. The van der Waals surface area contributed by atoms with Crippen molar-refractivity contribution >= 4 is 11.8 Å². The van der Waals surface area contributed by atoms with Crippen LogP contribution in [-0.2, 0) is 0 Å². The first-order chi connectivity index (χ1) is 15.8. The highest BCUT2D eigenvalue weighted by Gasteiger charge is 2.41. The summed E-state index contributed by atoms with van der Waals surface area (Å²) in [6, 6.07) is 13.0. The van der Waals surface area contributed by atoms with E-state index in [1.54, 1.807) is 6.07 Å². The number of carbonyl (C=O) groups excluding carboxylic acids is 2. The number of amides is 2. The molecule has 0 spiro atoms. The maximum absolute atomic E-state index is 14.1. The fourth-order valence-electron chi connectivity index (χ4n) is 4.73. The molecule has 2 aromatic rings.